The van der Waals surface area contributed by atoms with E-state index in [1.54, 1.807) is 24.3 Å². The molecular formula is C49H56BrF2N7O5. The minimum Gasteiger partial charge on any atom is -0.494 e. The van der Waals surface area contributed by atoms with Crippen LogP contribution in [0.2, 0.25) is 0 Å². The first-order valence-corrected chi connectivity index (χ1v) is 23.1. The number of hydrogen-bond acceptors (Lipinski definition) is 10. The maximum absolute atomic E-state index is 14.2. The fourth-order valence-corrected chi connectivity index (χ4v) is 9.23. The molecule has 2 saturated heterocycles. The Balaban J connectivity index is 0.000000178. The highest BCUT2D eigenvalue weighted by atomic mass is 79.9. The van der Waals surface area contributed by atoms with Crippen molar-refractivity contribution in [2.75, 3.05) is 40.6 Å². The van der Waals surface area contributed by atoms with Crippen LogP contribution in [0.1, 0.15) is 72.8 Å². The van der Waals surface area contributed by atoms with Crippen LogP contribution in [-0.2, 0) is 48.2 Å². The van der Waals surface area contributed by atoms with Gasteiger partial charge >= 0.3 is 0 Å². The van der Waals surface area contributed by atoms with Gasteiger partial charge in [-0.25, -0.2) is 28.7 Å². The summed E-state index contributed by atoms with van der Waals surface area (Å²) >= 11 is 3.49. The fraction of sp³-hybridized carbons (Fsp3) is 0.449. The predicted octanol–water partition coefficient (Wildman–Crippen LogP) is 10.4. The van der Waals surface area contributed by atoms with E-state index in [0.29, 0.717) is 31.1 Å². The van der Waals surface area contributed by atoms with Gasteiger partial charge in [0, 0.05) is 80.4 Å². The molecule has 0 atom stereocenters. The molecule has 0 spiro atoms. The second-order valence-corrected chi connectivity index (χ2v) is 17.7. The molecule has 0 N–H and O–H groups in total. The monoisotopic (exact) mass is 939 g/mol. The topological polar surface area (TPSA) is 124 Å². The van der Waals surface area contributed by atoms with E-state index in [-0.39, 0.29) is 23.1 Å². The minimum absolute atomic E-state index is 0.258. The van der Waals surface area contributed by atoms with E-state index in [1.807, 2.05) is 44.4 Å². The summed E-state index contributed by atoms with van der Waals surface area (Å²) in [7, 11) is 2.95. The normalized spacial score (nSPS) is 14.9. The summed E-state index contributed by atoms with van der Waals surface area (Å²) in [6.07, 6.45) is 13.1. The lowest BCUT2D eigenvalue weighted by Gasteiger charge is -2.22. The highest BCUT2D eigenvalue weighted by Gasteiger charge is 2.21. The number of ether oxygens (including phenoxy) is 4. The molecule has 0 radical (unpaired) electrons. The van der Waals surface area contributed by atoms with Crippen LogP contribution in [0.15, 0.2) is 69.9 Å². The standard InChI is InChI=1S/C27H31FN4O3.C22H25BrFN3O2/c1-17-26(18(2)35-31-17)21-15-23-27(29-16-21)32(11-8-19-9-12-34-13-10-19)25(30-23)7-5-20-4-6-24(33-3)22(28)14-20;1-28-20-4-2-16(12-18(20)24)3-5-21-26-19-13-17(23)14-25-22(19)27(21)9-6-15-7-10-29-11-8-15/h4,6,14-16,19H,5,7-13H2,1-3H3;2,4,12-15H,3,5-11H2,1H3. The molecule has 0 bridgehead atoms. The molecule has 2 fully saturated rings. The molecule has 5 aromatic heterocycles. The average Bonchev–Trinajstić information content (AvgIpc) is 3.97. The van der Waals surface area contributed by atoms with Gasteiger partial charge in [0.25, 0.3) is 0 Å². The summed E-state index contributed by atoms with van der Waals surface area (Å²) in [6, 6.07) is 14.3. The first-order chi connectivity index (χ1) is 31.2. The Morgan fingerprint density at radius 1 is 0.672 bits per heavy atom. The molecular weight excluding hydrogens is 884 g/mol. The zero-order valence-corrected chi connectivity index (χ0v) is 38.6. The van der Waals surface area contributed by atoms with E-state index >= 15 is 0 Å². The maximum Gasteiger partial charge on any atom is 0.165 e. The van der Waals surface area contributed by atoms with Crippen molar-refractivity contribution < 1.29 is 32.3 Å². The first kappa shape index (κ1) is 45.3. The highest BCUT2D eigenvalue weighted by molar-refractivity contribution is 9.10. The van der Waals surface area contributed by atoms with Gasteiger partial charge in [-0.05, 0) is 141 Å². The van der Waals surface area contributed by atoms with Crippen molar-refractivity contribution >= 4 is 38.3 Å². The van der Waals surface area contributed by atoms with E-state index in [0.717, 1.165) is 157 Å². The number of nitrogens with zero attached hydrogens (tertiary/aromatic N) is 7. The number of aryl methyl sites for hydroxylation is 8. The lowest BCUT2D eigenvalue weighted by molar-refractivity contribution is 0.0625. The van der Waals surface area contributed by atoms with Crippen LogP contribution in [-0.4, -0.2) is 74.9 Å². The molecule has 0 saturated carbocycles. The van der Waals surface area contributed by atoms with Gasteiger partial charge in [0.15, 0.2) is 34.4 Å². The molecule has 64 heavy (non-hydrogen) atoms. The number of rotatable bonds is 15. The zero-order valence-electron chi connectivity index (χ0n) is 37.0. The Bertz CT molecular complexity index is 2650. The van der Waals surface area contributed by atoms with Crippen LogP contribution in [0.3, 0.4) is 0 Å². The van der Waals surface area contributed by atoms with Crippen molar-refractivity contribution in [2.45, 2.75) is 91.1 Å². The third kappa shape index (κ3) is 10.8. The Morgan fingerprint density at radius 2 is 1.17 bits per heavy atom. The molecule has 15 heteroatoms. The molecule has 2 aromatic carbocycles. The number of pyridine rings is 2. The van der Waals surface area contributed by atoms with Crippen molar-refractivity contribution in [1.82, 2.24) is 34.2 Å². The zero-order chi connectivity index (χ0) is 44.6. The molecule has 7 aromatic rings. The summed E-state index contributed by atoms with van der Waals surface area (Å²) in [6.45, 7) is 8.97. The molecule has 9 rings (SSSR count). The molecule has 7 heterocycles. The average molecular weight is 941 g/mol. The first-order valence-electron chi connectivity index (χ1n) is 22.3. The van der Waals surface area contributed by atoms with E-state index in [9.17, 15) is 8.78 Å². The van der Waals surface area contributed by atoms with Crippen LogP contribution in [0.4, 0.5) is 8.78 Å². The third-order valence-corrected chi connectivity index (χ3v) is 13.0. The van der Waals surface area contributed by atoms with Crippen LogP contribution in [0.5, 0.6) is 11.5 Å². The summed E-state index contributed by atoms with van der Waals surface area (Å²) in [5.74, 6) is 3.91. The quantitative estimate of drug-likeness (QED) is 0.0981. The number of aromatic nitrogens is 7. The number of imidazole rings is 2. The van der Waals surface area contributed by atoms with Crippen LogP contribution in [0, 0.1) is 37.3 Å². The van der Waals surface area contributed by atoms with E-state index in [4.69, 9.17) is 38.4 Å². The second kappa shape index (κ2) is 21.2. The van der Waals surface area contributed by atoms with Crippen LogP contribution in [0.25, 0.3) is 33.5 Å². The number of fused-ring (bicyclic) bond motifs is 2. The maximum atomic E-state index is 14.2. The predicted molar refractivity (Wildman–Crippen MR) is 245 cm³/mol. The third-order valence-electron chi connectivity index (χ3n) is 12.5. The van der Waals surface area contributed by atoms with Crippen molar-refractivity contribution in [3.05, 3.63) is 111 Å². The fourth-order valence-electron chi connectivity index (χ4n) is 8.91. The van der Waals surface area contributed by atoms with Gasteiger partial charge in [0.2, 0.25) is 0 Å². The summed E-state index contributed by atoms with van der Waals surface area (Å²) in [4.78, 5) is 19.3. The Labute approximate surface area is 380 Å². The van der Waals surface area contributed by atoms with E-state index in [1.165, 1.54) is 14.2 Å². The van der Waals surface area contributed by atoms with Gasteiger partial charge in [-0.15, -0.1) is 0 Å². The molecule has 2 aliphatic heterocycles. The number of methoxy groups -OCH3 is 2. The van der Waals surface area contributed by atoms with Crippen molar-refractivity contribution in [3.8, 4) is 22.6 Å². The lowest BCUT2D eigenvalue weighted by atomic mass is 9.96. The van der Waals surface area contributed by atoms with Gasteiger partial charge in [0.1, 0.15) is 28.4 Å². The molecule has 2 aliphatic rings. The van der Waals surface area contributed by atoms with E-state index < -0.39 is 0 Å². The largest absolute Gasteiger partial charge is 0.494 e. The van der Waals surface area contributed by atoms with Gasteiger partial charge in [-0.1, -0.05) is 17.3 Å². The second-order valence-electron chi connectivity index (χ2n) is 16.7. The van der Waals surface area contributed by atoms with Gasteiger partial charge in [-0.3, -0.25) is 0 Å². The molecule has 0 unspecified atom stereocenters. The number of benzene rings is 2. The van der Waals surface area contributed by atoms with Crippen molar-refractivity contribution in [1.29, 1.82) is 0 Å². The smallest absolute Gasteiger partial charge is 0.165 e. The molecule has 12 nitrogen and oxygen atoms in total. The Kier molecular flexibility index (Phi) is 15.0. The number of hydrogen-bond donors (Lipinski definition) is 0. The van der Waals surface area contributed by atoms with Gasteiger partial charge in [0.05, 0.1) is 19.9 Å². The van der Waals surface area contributed by atoms with Crippen LogP contribution < -0.4 is 9.47 Å². The van der Waals surface area contributed by atoms with Crippen LogP contribution >= 0.6 is 15.9 Å². The van der Waals surface area contributed by atoms with E-state index in [2.05, 4.69) is 41.3 Å². The van der Waals surface area contributed by atoms with Gasteiger partial charge in [-0.2, -0.15) is 0 Å². The van der Waals surface area contributed by atoms with Crippen molar-refractivity contribution in [2.24, 2.45) is 11.8 Å². The minimum atomic E-state index is -0.344. The summed E-state index contributed by atoms with van der Waals surface area (Å²) in [5, 5.41) is 4.08. The molecule has 0 aliphatic carbocycles. The summed E-state index contributed by atoms with van der Waals surface area (Å²) < 4.78 is 60.1. The molecule has 338 valence electrons. The highest BCUT2D eigenvalue weighted by Crippen LogP contribution is 2.31. The van der Waals surface area contributed by atoms with Crippen molar-refractivity contribution in [3.63, 3.8) is 0 Å². The number of halogens is 3. The SMILES string of the molecule is COc1ccc(CCc2nc3cc(-c4c(C)noc4C)cnc3n2CCC2CCOCC2)cc1F.COc1ccc(CCc2nc3cc(Br)cnc3n2CCC2CCOCC2)cc1F. The Morgan fingerprint density at radius 3 is 1.64 bits per heavy atom. The Hall–Kier alpha value is -5.25. The lowest BCUT2D eigenvalue weighted by Crippen LogP contribution is -2.18. The van der Waals surface area contributed by atoms with Gasteiger partial charge < -0.3 is 32.6 Å². The summed E-state index contributed by atoms with van der Waals surface area (Å²) in [5.41, 5.74) is 8.13. The molecule has 0 amide bonds.